The number of nitrogens with one attached hydrogen (secondary N) is 1. The molecule has 2 heterocycles. The minimum atomic E-state index is -0.269. The van der Waals surface area contributed by atoms with E-state index in [1.165, 1.54) is 6.20 Å². The Morgan fingerprint density at radius 3 is 2.74 bits per heavy atom. The molecule has 6 heteroatoms. The van der Waals surface area contributed by atoms with Crippen LogP contribution in [-0.2, 0) is 7.05 Å². The smallest absolute Gasteiger partial charge is 0.274 e. The molecule has 3 N–H and O–H groups in total. The van der Waals surface area contributed by atoms with Gasteiger partial charge in [-0.25, -0.2) is 4.98 Å². The zero-order valence-corrected chi connectivity index (χ0v) is 11.2. The number of nitrogen functional groups attached to an aromatic ring is 1. The van der Waals surface area contributed by atoms with Gasteiger partial charge in [0, 0.05) is 13.2 Å². The Hall–Kier alpha value is -2.37. The molecule has 0 atom stereocenters. The van der Waals surface area contributed by atoms with E-state index in [0.29, 0.717) is 17.1 Å². The van der Waals surface area contributed by atoms with E-state index < -0.39 is 0 Å². The highest BCUT2D eigenvalue weighted by molar-refractivity contribution is 6.03. The van der Waals surface area contributed by atoms with Crippen LogP contribution in [0.3, 0.4) is 0 Å². The molecule has 0 bridgehead atoms. The first-order valence-corrected chi connectivity index (χ1v) is 6.04. The zero-order valence-electron chi connectivity index (χ0n) is 11.2. The van der Waals surface area contributed by atoms with E-state index in [1.54, 1.807) is 23.0 Å². The maximum Gasteiger partial charge on any atom is 0.274 e. The fraction of sp³-hybridized carbons (Fsp3) is 0.308. The van der Waals surface area contributed by atoms with E-state index >= 15 is 0 Å². The maximum absolute atomic E-state index is 12.1. The molecule has 0 radical (unpaired) electrons. The quantitative estimate of drug-likeness (QED) is 0.879. The van der Waals surface area contributed by atoms with Gasteiger partial charge in [0.1, 0.15) is 5.69 Å². The molecule has 0 aliphatic heterocycles. The van der Waals surface area contributed by atoms with E-state index in [2.05, 4.69) is 15.4 Å². The summed E-state index contributed by atoms with van der Waals surface area (Å²) in [5.74, 6) is -0.0363. The van der Waals surface area contributed by atoms with Crippen LogP contribution >= 0.6 is 0 Å². The number of aryl methyl sites for hydroxylation is 1. The van der Waals surface area contributed by atoms with Crippen molar-refractivity contribution in [1.29, 1.82) is 0 Å². The molecule has 0 aliphatic carbocycles. The van der Waals surface area contributed by atoms with Crippen LogP contribution in [0, 0.1) is 0 Å². The molecule has 0 aliphatic rings. The first-order chi connectivity index (χ1) is 8.97. The van der Waals surface area contributed by atoms with Gasteiger partial charge >= 0.3 is 0 Å². The molecule has 0 saturated heterocycles. The van der Waals surface area contributed by atoms with Crippen molar-refractivity contribution in [2.24, 2.45) is 7.05 Å². The van der Waals surface area contributed by atoms with Crippen molar-refractivity contribution >= 4 is 17.3 Å². The summed E-state index contributed by atoms with van der Waals surface area (Å²) in [7, 11) is 1.82. The summed E-state index contributed by atoms with van der Waals surface area (Å²) < 4.78 is 1.68. The van der Waals surface area contributed by atoms with Crippen LogP contribution in [0.1, 0.15) is 35.9 Å². The number of carbonyl (C=O) groups is 1. The lowest BCUT2D eigenvalue weighted by Crippen LogP contribution is -2.14. The zero-order chi connectivity index (χ0) is 14.0. The average Bonchev–Trinajstić information content (AvgIpc) is 2.71. The lowest BCUT2D eigenvalue weighted by molar-refractivity contribution is 0.102. The van der Waals surface area contributed by atoms with Gasteiger partial charge in [0.25, 0.3) is 5.91 Å². The molecule has 19 heavy (non-hydrogen) atoms. The van der Waals surface area contributed by atoms with Gasteiger partial charge in [-0.3, -0.25) is 9.48 Å². The van der Waals surface area contributed by atoms with E-state index in [-0.39, 0.29) is 11.8 Å². The van der Waals surface area contributed by atoms with E-state index in [0.717, 1.165) is 5.69 Å². The van der Waals surface area contributed by atoms with Gasteiger partial charge < -0.3 is 11.1 Å². The third kappa shape index (κ3) is 2.90. The SMILES string of the molecule is CC(C)c1nn(C)cc1NC(=O)c1ccc(N)cn1. The Kier molecular flexibility index (Phi) is 3.50. The van der Waals surface area contributed by atoms with Crippen molar-refractivity contribution in [2.75, 3.05) is 11.1 Å². The Bertz CT molecular complexity index is 586. The molecular weight excluding hydrogens is 242 g/mol. The van der Waals surface area contributed by atoms with Gasteiger partial charge in [0.05, 0.1) is 23.3 Å². The van der Waals surface area contributed by atoms with Crippen molar-refractivity contribution in [1.82, 2.24) is 14.8 Å². The van der Waals surface area contributed by atoms with Crippen LogP contribution in [0.2, 0.25) is 0 Å². The van der Waals surface area contributed by atoms with Gasteiger partial charge in [-0.1, -0.05) is 13.8 Å². The summed E-state index contributed by atoms with van der Waals surface area (Å²) in [5.41, 5.74) is 7.96. The number of amides is 1. The third-order valence-corrected chi connectivity index (χ3v) is 2.67. The van der Waals surface area contributed by atoms with Gasteiger partial charge in [-0.2, -0.15) is 5.10 Å². The fourth-order valence-electron chi connectivity index (χ4n) is 1.75. The summed E-state index contributed by atoms with van der Waals surface area (Å²) in [6.45, 7) is 4.05. The maximum atomic E-state index is 12.1. The molecule has 6 nitrogen and oxygen atoms in total. The molecule has 0 spiro atoms. The molecule has 0 saturated carbocycles. The van der Waals surface area contributed by atoms with Crippen molar-refractivity contribution in [2.45, 2.75) is 19.8 Å². The van der Waals surface area contributed by atoms with Crippen molar-refractivity contribution in [3.8, 4) is 0 Å². The topological polar surface area (TPSA) is 85.8 Å². The summed E-state index contributed by atoms with van der Waals surface area (Å²) in [6, 6.07) is 3.24. The van der Waals surface area contributed by atoms with Crippen molar-refractivity contribution in [3.05, 3.63) is 35.9 Å². The Morgan fingerprint density at radius 1 is 1.42 bits per heavy atom. The van der Waals surface area contributed by atoms with Crippen molar-refractivity contribution < 1.29 is 4.79 Å². The van der Waals surface area contributed by atoms with Crippen LogP contribution < -0.4 is 11.1 Å². The summed E-state index contributed by atoms with van der Waals surface area (Å²) in [4.78, 5) is 16.0. The standard InChI is InChI=1S/C13H17N5O/c1-8(2)12-11(7-18(3)17-12)16-13(19)10-5-4-9(14)6-15-10/h4-8H,14H2,1-3H3,(H,16,19). The predicted octanol–water partition coefficient (Wildman–Crippen LogP) is 1.77. The van der Waals surface area contributed by atoms with E-state index in [1.807, 2.05) is 20.9 Å². The number of nitrogens with zero attached hydrogens (tertiary/aromatic N) is 3. The lowest BCUT2D eigenvalue weighted by Gasteiger charge is -2.06. The molecular formula is C13H17N5O. The second-order valence-corrected chi connectivity index (χ2v) is 4.69. The normalized spacial score (nSPS) is 10.7. The largest absolute Gasteiger partial charge is 0.397 e. The number of pyridine rings is 1. The van der Waals surface area contributed by atoms with Crippen LogP contribution in [0.5, 0.6) is 0 Å². The number of hydrogen-bond donors (Lipinski definition) is 2. The number of nitrogens with two attached hydrogens (primary N) is 1. The Morgan fingerprint density at radius 2 is 2.16 bits per heavy atom. The average molecular weight is 259 g/mol. The molecule has 1 amide bonds. The van der Waals surface area contributed by atoms with Crippen molar-refractivity contribution in [3.63, 3.8) is 0 Å². The van der Waals surface area contributed by atoms with Crippen LogP contribution in [-0.4, -0.2) is 20.7 Å². The summed E-state index contributed by atoms with van der Waals surface area (Å²) >= 11 is 0. The number of hydrogen-bond acceptors (Lipinski definition) is 4. The molecule has 2 aromatic rings. The Labute approximate surface area is 111 Å². The van der Waals surface area contributed by atoms with Crippen LogP contribution in [0.25, 0.3) is 0 Å². The second kappa shape index (κ2) is 5.09. The molecule has 0 unspecified atom stereocenters. The summed E-state index contributed by atoms with van der Waals surface area (Å²) in [5, 5.41) is 7.16. The molecule has 2 aromatic heterocycles. The second-order valence-electron chi connectivity index (χ2n) is 4.69. The van der Waals surface area contributed by atoms with E-state index in [4.69, 9.17) is 5.73 Å². The first-order valence-electron chi connectivity index (χ1n) is 6.04. The van der Waals surface area contributed by atoms with Gasteiger partial charge in [-0.05, 0) is 18.1 Å². The number of aromatic nitrogens is 3. The molecule has 2 rings (SSSR count). The monoisotopic (exact) mass is 259 g/mol. The minimum Gasteiger partial charge on any atom is -0.397 e. The fourth-order valence-corrected chi connectivity index (χ4v) is 1.75. The Balaban J connectivity index is 2.21. The van der Waals surface area contributed by atoms with Crippen LogP contribution in [0.15, 0.2) is 24.5 Å². The minimum absolute atomic E-state index is 0.232. The van der Waals surface area contributed by atoms with Crippen LogP contribution in [0.4, 0.5) is 11.4 Å². The lowest BCUT2D eigenvalue weighted by atomic mass is 10.1. The number of rotatable bonds is 3. The molecule has 100 valence electrons. The highest BCUT2D eigenvalue weighted by Crippen LogP contribution is 2.22. The number of anilines is 2. The van der Waals surface area contributed by atoms with E-state index in [9.17, 15) is 4.79 Å². The van der Waals surface area contributed by atoms with Gasteiger partial charge in [0.15, 0.2) is 0 Å². The molecule has 0 fully saturated rings. The third-order valence-electron chi connectivity index (χ3n) is 2.67. The predicted molar refractivity (Wildman–Crippen MR) is 73.9 cm³/mol. The first kappa shape index (κ1) is 13.1. The highest BCUT2D eigenvalue weighted by atomic mass is 16.1. The number of carbonyl (C=O) groups excluding carboxylic acids is 1. The van der Waals surface area contributed by atoms with Gasteiger partial charge in [0.2, 0.25) is 0 Å². The van der Waals surface area contributed by atoms with Gasteiger partial charge in [-0.15, -0.1) is 0 Å². The molecule has 0 aromatic carbocycles. The highest BCUT2D eigenvalue weighted by Gasteiger charge is 2.15. The summed E-state index contributed by atoms with van der Waals surface area (Å²) in [6.07, 6.45) is 3.24.